The van der Waals surface area contributed by atoms with Gasteiger partial charge in [-0.25, -0.2) is 9.97 Å². The fourth-order valence-corrected chi connectivity index (χ4v) is 4.18. The van der Waals surface area contributed by atoms with Gasteiger partial charge in [0.25, 0.3) is 0 Å². The monoisotopic (exact) mass is 362 g/mol. The molecule has 27 heavy (non-hydrogen) atoms. The lowest BCUT2D eigenvalue weighted by molar-refractivity contribution is 0.243. The van der Waals surface area contributed by atoms with Gasteiger partial charge in [0, 0.05) is 79.7 Å². The standard InChI is InChI=1S/C22H26N4O/c27-11-3-9-26-15-18(19-4-1-2-5-21(19)26)14-25-10-8-20-17(13-25)12-23-22(24-20)16-6-7-16/h1-2,4-5,12,15-16,27H,3,6-11,13-14H2. The fourth-order valence-electron chi connectivity index (χ4n) is 4.18. The Morgan fingerprint density at radius 3 is 2.93 bits per heavy atom. The summed E-state index contributed by atoms with van der Waals surface area (Å²) >= 11 is 0. The summed E-state index contributed by atoms with van der Waals surface area (Å²) in [5, 5.41) is 10.5. The van der Waals surface area contributed by atoms with Crippen LogP contribution in [0.25, 0.3) is 10.9 Å². The van der Waals surface area contributed by atoms with Gasteiger partial charge in [-0.3, -0.25) is 4.90 Å². The van der Waals surface area contributed by atoms with Gasteiger partial charge in [0.1, 0.15) is 5.82 Å². The number of rotatable bonds is 6. The number of aromatic nitrogens is 3. The Hall–Kier alpha value is -2.24. The van der Waals surface area contributed by atoms with Gasteiger partial charge in [-0.15, -0.1) is 0 Å². The van der Waals surface area contributed by atoms with E-state index in [1.807, 2.05) is 0 Å². The highest BCUT2D eigenvalue weighted by atomic mass is 16.3. The van der Waals surface area contributed by atoms with E-state index >= 15 is 0 Å². The maximum atomic E-state index is 9.18. The van der Waals surface area contributed by atoms with E-state index in [0.717, 1.165) is 44.8 Å². The summed E-state index contributed by atoms with van der Waals surface area (Å²) in [6.45, 7) is 4.00. The topological polar surface area (TPSA) is 54.2 Å². The molecule has 0 radical (unpaired) electrons. The van der Waals surface area contributed by atoms with Crippen molar-refractivity contribution in [2.45, 2.75) is 51.2 Å². The number of aliphatic hydroxyl groups is 1. The van der Waals surface area contributed by atoms with Crippen molar-refractivity contribution in [2.75, 3.05) is 13.2 Å². The molecule has 1 N–H and O–H groups in total. The Kier molecular flexibility index (Phi) is 4.42. The molecule has 1 aliphatic heterocycles. The second kappa shape index (κ2) is 7.06. The maximum Gasteiger partial charge on any atom is 0.131 e. The maximum absolute atomic E-state index is 9.18. The van der Waals surface area contributed by atoms with Gasteiger partial charge >= 0.3 is 0 Å². The number of benzene rings is 1. The number of aliphatic hydroxyl groups excluding tert-OH is 1. The van der Waals surface area contributed by atoms with Crippen LogP contribution in [0.15, 0.2) is 36.7 Å². The fraction of sp³-hybridized carbons (Fsp3) is 0.455. The first-order valence-electron chi connectivity index (χ1n) is 10.1. The van der Waals surface area contributed by atoms with Crippen LogP contribution in [0.2, 0.25) is 0 Å². The van der Waals surface area contributed by atoms with Crippen LogP contribution >= 0.6 is 0 Å². The zero-order valence-corrected chi connectivity index (χ0v) is 15.6. The molecule has 2 aromatic heterocycles. The van der Waals surface area contributed by atoms with Crippen LogP contribution in [-0.2, 0) is 26.1 Å². The number of fused-ring (bicyclic) bond motifs is 2. The minimum Gasteiger partial charge on any atom is -0.396 e. The van der Waals surface area contributed by atoms with Gasteiger partial charge < -0.3 is 9.67 Å². The minimum atomic E-state index is 0.230. The van der Waals surface area contributed by atoms with Crippen LogP contribution in [0.3, 0.4) is 0 Å². The third-order valence-electron chi connectivity index (χ3n) is 5.80. The summed E-state index contributed by atoms with van der Waals surface area (Å²) in [5.74, 6) is 1.69. The Labute approximate surface area is 159 Å². The normalized spacial score (nSPS) is 17.4. The van der Waals surface area contributed by atoms with Crippen molar-refractivity contribution < 1.29 is 5.11 Å². The molecule has 1 aliphatic carbocycles. The van der Waals surface area contributed by atoms with E-state index in [4.69, 9.17) is 4.98 Å². The molecule has 3 aromatic rings. The third kappa shape index (κ3) is 3.37. The average molecular weight is 362 g/mol. The van der Waals surface area contributed by atoms with Crippen molar-refractivity contribution in [3.05, 3.63) is 59.3 Å². The quantitative estimate of drug-likeness (QED) is 0.731. The van der Waals surface area contributed by atoms with Crippen molar-refractivity contribution in [1.29, 1.82) is 0 Å². The predicted molar refractivity (Wildman–Crippen MR) is 105 cm³/mol. The summed E-state index contributed by atoms with van der Waals surface area (Å²) < 4.78 is 2.28. The molecule has 1 saturated carbocycles. The second-order valence-electron chi connectivity index (χ2n) is 7.88. The van der Waals surface area contributed by atoms with Crippen LogP contribution < -0.4 is 0 Å². The Morgan fingerprint density at radius 1 is 1.19 bits per heavy atom. The summed E-state index contributed by atoms with van der Waals surface area (Å²) in [5.41, 5.74) is 5.17. The van der Waals surface area contributed by atoms with E-state index in [0.29, 0.717) is 5.92 Å². The molecular weight excluding hydrogens is 336 g/mol. The molecule has 0 atom stereocenters. The van der Waals surface area contributed by atoms with Gasteiger partial charge in [0.05, 0.1) is 0 Å². The van der Waals surface area contributed by atoms with Crippen LogP contribution in [0.1, 0.15) is 47.8 Å². The van der Waals surface area contributed by atoms with Gasteiger partial charge in [-0.05, 0) is 30.9 Å². The predicted octanol–water partition coefficient (Wildman–Crippen LogP) is 3.25. The molecule has 0 saturated heterocycles. The Balaban J connectivity index is 1.36. The van der Waals surface area contributed by atoms with Gasteiger partial charge in [0.2, 0.25) is 0 Å². The number of hydrogen-bond acceptors (Lipinski definition) is 4. The van der Waals surface area contributed by atoms with E-state index in [1.54, 1.807) is 0 Å². The molecule has 0 spiro atoms. The summed E-state index contributed by atoms with van der Waals surface area (Å²) in [6, 6.07) is 8.59. The van der Waals surface area contributed by atoms with Crippen molar-refractivity contribution in [3.8, 4) is 0 Å². The van der Waals surface area contributed by atoms with Crippen LogP contribution in [0.5, 0.6) is 0 Å². The molecule has 5 rings (SSSR count). The summed E-state index contributed by atoms with van der Waals surface area (Å²) in [6.07, 6.45) is 8.64. The van der Waals surface area contributed by atoms with Crippen molar-refractivity contribution in [1.82, 2.24) is 19.4 Å². The summed E-state index contributed by atoms with van der Waals surface area (Å²) in [4.78, 5) is 12.0. The minimum absolute atomic E-state index is 0.230. The van der Waals surface area contributed by atoms with Gasteiger partial charge in [-0.2, -0.15) is 0 Å². The van der Waals surface area contributed by atoms with Crippen LogP contribution in [-0.4, -0.2) is 37.7 Å². The second-order valence-corrected chi connectivity index (χ2v) is 7.88. The van der Waals surface area contributed by atoms with Crippen molar-refractivity contribution in [3.63, 3.8) is 0 Å². The Bertz CT molecular complexity index is 960. The molecule has 3 heterocycles. The third-order valence-corrected chi connectivity index (χ3v) is 5.80. The van der Waals surface area contributed by atoms with Gasteiger partial charge in [0.15, 0.2) is 0 Å². The zero-order valence-electron chi connectivity index (χ0n) is 15.6. The van der Waals surface area contributed by atoms with E-state index < -0.39 is 0 Å². The lowest BCUT2D eigenvalue weighted by Gasteiger charge is -2.28. The highest BCUT2D eigenvalue weighted by Gasteiger charge is 2.28. The lowest BCUT2D eigenvalue weighted by Crippen LogP contribution is -2.31. The lowest BCUT2D eigenvalue weighted by atomic mass is 10.1. The van der Waals surface area contributed by atoms with Crippen molar-refractivity contribution in [2.24, 2.45) is 0 Å². The molecular formula is C22H26N4O. The first-order chi connectivity index (χ1) is 13.3. The van der Waals surface area contributed by atoms with E-state index in [2.05, 4.69) is 51.1 Å². The van der Waals surface area contributed by atoms with Crippen LogP contribution in [0.4, 0.5) is 0 Å². The van der Waals surface area contributed by atoms with Gasteiger partial charge in [-0.1, -0.05) is 18.2 Å². The molecule has 1 aromatic carbocycles. The molecule has 5 nitrogen and oxygen atoms in total. The van der Waals surface area contributed by atoms with E-state index in [9.17, 15) is 5.11 Å². The highest BCUT2D eigenvalue weighted by Crippen LogP contribution is 2.38. The zero-order chi connectivity index (χ0) is 18.2. The first kappa shape index (κ1) is 16.9. The molecule has 5 heteroatoms. The largest absolute Gasteiger partial charge is 0.396 e. The van der Waals surface area contributed by atoms with E-state index in [-0.39, 0.29) is 6.61 Å². The number of aryl methyl sites for hydroxylation is 1. The molecule has 2 aliphatic rings. The average Bonchev–Trinajstić information content (AvgIpc) is 3.50. The SMILES string of the molecule is OCCCn1cc(CN2CCc3nc(C4CC4)ncc3C2)c2ccccc21. The number of nitrogens with zero attached hydrogens (tertiary/aromatic N) is 4. The number of para-hydroxylation sites is 1. The molecule has 0 unspecified atom stereocenters. The number of hydrogen-bond donors (Lipinski definition) is 1. The molecule has 0 amide bonds. The smallest absolute Gasteiger partial charge is 0.131 e. The van der Waals surface area contributed by atoms with E-state index in [1.165, 1.54) is 40.6 Å². The summed E-state index contributed by atoms with van der Waals surface area (Å²) in [7, 11) is 0. The highest BCUT2D eigenvalue weighted by molar-refractivity contribution is 5.83. The molecule has 140 valence electrons. The Morgan fingerprint density at radius 2 is 2.07 bits per heavy atom. The van der Waals surface area contributed by atoms with Crippen molar-refractivity contribution >= 4 is 10.9 Å². The van der Waals surface area contributed by atoms with Crippen LogP contribution in [0, 0.1) is 0 Å². The molecule has 0 bridgehead atoms. The molecule has 1 fully saturated rings. The first-order valence-corrected chi connectivity index (χ1v) is 10.1.